The van der Waals surface area contributed by atoms with E-state index in [1.807, 2.05) is 19.1 Å². The maximum absolute atomic E-state index is 6.03. The molecule has 110 valence electrons. The summed E-state index contributed by atoms with van der Waals surface area (Å²) in [6, 6.07) is 3.70. The maximum atomic E-state index is 6.03. The van der Waals surface area contributed by atoms with Crippen LogP contribution in [-0.4, -0.2) is 38.5 Å². The summed E-state index contributed by atoms with van der Waals surface area (Å²) in [5.74, 6) is 1.74. The molecule has 2 unspecified atom stereocenters. The van der Waals surface area contributed by atoms with Gasteiger partial charge in [-0.3, -0.25) is 0 Å². The standard InChI is InChI=1S/C14H18ClNO4/c1-8(15)11-7-10(16-20-11)9-5-12(17-2)14(19-4)13(6-9)18-3/h5-6,8,11H,7H2,1-4H3. The van der Waals surface area contributed by atoms with Gasteiger partial charge in [0.2, 0.25) is 5.75 Å². The molecule has 1 aromatic carbocycles. The minimum atomic E-state index is -0.106. The van der Waals surface area contributed by atoms with Crippen molar-refractivity contribution in [2.45, 2.75) is 24.8 Å². The molecular weight excluding hydrogens is 282 g/mol. The molecule has 2 atom stereocenters. The Bertz CT molecular complexity index is 491. The first-order valence-corrected chi connectivity index (χ1v) is 6.71. The summed E-state index contributed by atoms with van der Waals surface area (Å²) < 4.78 is 15.9. The second-order valence-corrected chi connectivity index (χ2v) is 5.17. The van der Waals surface area contributed by atoms with Crippen molar-refractivity contribution in [3.05, 3.63) is 17.7 Å². The molecule has 6 heteroatoms. The average Bonchev–Trinajstić information content (AvgIpc) is 2.95. The lowest BCUT2D eigenvalue weighted by molar-refractivity contribution is 0.0855. The molecule has 1 aromatic rings. The number of nitrogens with zero attached hydrogens (tertiary/aromatic N) is 1. The van der Waals surface area contributed by atoms with Crippen molar-refractivity contribution < 1.29 is 19.0 Å². The van der Waals surface area contributed by atoms with Crippen LogP contribution < -0.4 is 14.2 Å². The van der Waals surface area contributed by atoms with Crippen LogP contribution in [0.1, 0.15) is 18.9 Å². The van der Waals surface area contributed by atoms with E-state index in [1.165, 1.54) is 0 Å². The zero-order chi connectivity index (χ0) is 14.7. The summed E-state index contributed by atoms with van der Waals surface area (Å²) in [4.78, 5) is 5.33. The number of methoxy groups -OCH3 is 3. The lowest BCUT2D eigenvalue weighted by Crippen LogP contribution is -2.18. The largest absolute Gasteiger partial charge is 0.493 e. The van der Waals surface area contributed by atoms with Gasteiger partial charge in [0.25, 0.3) is 0 Å². The average molecular weight is 300 g/mol. The number of alkyl halides is 1. The van der Waals surface area contributed by atoms with E-state index >= 15 is 0 Å². The number of oxime groups is 1. The fraction of sp³-hybridized carbons (Fsp3) is 0.500. The molecule has 5 nitrogen and oxygen atoms in total. The van der Waals surface area contributed by atoms with Gasteiger partial charge in [-0.2, -0.15) is 0 Å². The summed E-state index contributed by atoms with van der Waals surface area (Å²) in [7, 11) is 4.73. The van der Waals surface area contributed by atoms with Crippen molar-refractivity contribution in [3.8, 4) is 17.2 Å². The Morgan fingerprint density at radius 2 is 1.80 bits per heavy atom. The van der Waals surface area contributed by atoms with Crippen LogP contribution >= 0.6 is 11.6 Å². The van der Waals surface area contributed by atoms with Gasteiger partial charge in [0.1, 0.15) is 6.10 Å². The molecule has 0 aromatic heterocycles. The van der Waals surface area contributed by atoms with E-state index in [0.29, 0.717) is 23.7 Å². The van der Waals surface area contributed by atoms with Gasteiger partial charge in [0.15, 0.2) is 11.5 Å². The van der Waals surface area contributed by atoms with Crippen molar-refractivity contribution in [2.24, 2.45) is 5.16 Å². The Kier molecular flexibility index (Phi) is 4.60. The molecule has 0 N–H and O–H groups in total. The van der Waals surface area contributed by atoms with E-state index in [9.17, 15) is 0 Å². The number of benzene rings is 1. The predicted molar refractivity (Wildman–Crippen MR) is 77.4 cm³/mol. The van der Waals surface area contributed by atoms with Crippen LogP contribution in [0.25, 0.3) is 0 Å². The van der Waals surface area contributed by atoms with Crippen molar-refractivity contribution >= 4 is 17.3 Å². The third-order valence-electron chi connectivity index (χ3n) is 3.20. The van der Waals surface area contributed by atoms with Crippen molar-refractivity contribution in [3.63, 3.8) is 0 Å². The summed E-state index contributed by atoms with van der Waals surface area (Å²) in [5.41, 5.74) is 1.70. The zero-order valence-corrected chi connectivity index (χ0v) is 12.7. The SMILES string of the molecule is COc1cc(C2=NOC(C(C)Cl)C2)cc(OC)c1OC. The predicted octanol–water partition coefficient (Wildman–Crippen LogP) is 2.83. The number of hydrogen-bond acceptors (Lipinski definition) is 5. The van der Waals surface area contributed by atoms with Crippen LogP contribution in [0.5, 0.6) is 17.2 Å². The molecule has 0 aliphatic carbocycles. The minimum Gasteiger partial charge on any atom is -0.493 e. The molecule has 1 aliphatic heterocycles. The first-order chi connectivity index (χ1) is 9.60. The summed E-state index contributed by atoms with van der Waals surface area (Å²) in [5, 5.41) is 4.00. The molecule has 1 heterocycles. The van der Waals surface area contributed by atoms with E-state index in [2.05, 4.69) is 5.16 Å². The van der Waals surface area contributed by atoms with E-state index in [-0.39, 0.29) is 11.5 Å². The third kappa shape index (κ3) is 2.77. The number of halogens is 1. The van der Waals surface area contributed by atoms with Gasteiger partial charge < -0.3 is 19.0 Å². The smallest absolute Gasteiger partial charge is 0.203 e. The first-order valence-electron chi connectivity index (χ1n) is 6.27. The number of ether oxygens (including phenoxy) is 3. The molecular formula is C14H18ClNO4. The molecule has 0 fully saturated rings. The second kappa shape index (κ2) is 6.22. The van der Waals surface area contributed by atoms with Crippen LogP contribution in [0, 0.1) is 0 Å². The van der Waals surface area contributed by atoms with Gasteiger partial charge in [0, 0.05) is 12.0 Å². The van der Waals surface area contributed by atoms with Crippen LogP contribution in [0.15, 0.2) is 17.3 Å². The van der Waals surface area contributed by atoms with Crippen LogP contribution in [0.4, 0.5) is 0 Å². The van der Waals surface area contributed by atoms with Gasteiger partial charge in [-0.1, -0.05) is 5.16 Å². The molecule has 20 heavy (non-hydrogen) atoms. The Hall–Kier alpha value is -1.62. The molecule has 0 spiro atoms. The van der Waals surface area contributed by atoms with E-state index in [0.717, 1.165) is 11.3 Å². The molecule has 0 saturated carbocycles. The molecule has 0 bridgehead atoms. The summed E-state index contributed by atoms with van der Waals surface area (Å²) in [6.07, 6.45) is 0.550. The number of rotatable bonds is 5. The quantitative estimate of drug-likeness (QED) is 0.785. The summed E-state index contributed by atoms with van der Waals surface area (Å²) >= 11 is 6.03. The normalized spacial score (nSPS) is 19.1. The fourth-order valence-electron chi connectivity index (χ4n) is 2.06. The fourth-order valence-corrected chi connectivity index (χ4v) is 2.20. The van der Waals surface area contributed by atoms with Crippen molar-refractivity contribution in [1.82, 2.24) is 0 Å². The Labute approximate surface area is 123 Å². The molecule has 2 rings (SSSR count). The van der Waals surface area contributed by atoms with Crippen molar-refractivity contribution in [1.29, 1.82) is 0 Å². The third-order valence-corrected chi connectivity index (χ3v) is 3.48. The lowest BCUT2D eigenvalue weighted by atomic mass is 10.0. The minimum absolute atomic E-state index is 0.0988. The Morgan fingerprint density at radius 1 is 1.20 bits per heavy atom. The van der Waals surface area contributed by atoms with Gasteiger partial charge in [-0.15, -0.1) is 11.6 Å². The van der Waals surface area contributed by atoms with Crippen LogP contribution in [-0.2, 0) is 4.84 Å². The van der Waals surface area contributed by atoms with Crippen molar-refractivity contribution in [2.75, 3.05) is 21.3 Å². The van der Waals surface area contributed by atoms with Gasteiger partial charge in [-0.25, -0.2) is 0 Å². The zero-order valence-electron chi connectivity index (χ0n) is 12.0. The topological polar surface area (TPSA) is 49.3 Å². The summed E-state index contributed by atoms with van der Waals surface area (Å²) in [6.45, 7) is 1.89. The highest BCUT2D eigenvalue weighted by molar-refractivity contribution is 6.21. The highest BCUT2D eigenvalue weighted by Gasteiger charge is 2.27. The van der Waals surface area contributed by atoms with Crippen LogP contribution in [0.2, 0.25) is 0 Å². The van der Waals surface area contributed by atoms with Gasteiger partial charge >= 0.3 is 0 Å². The second-order valence-electron chi connectivity index (χ2n) is 4.48. The van der Waals surface area contributed by atoms with Gasteiger partial charge in [0.05, 0.1) is 32.4 Å². The monoisotopic (exact) mass is 299 g/mol. The number of hydrogen-bond donors (Lipinski definition) is 0. The molecule has 0 amide bonds. The van der Waals surface area contributed by atoms with Crippen LogP contribution in [0.3, 0.4) is 0 Å². The lowest BCUT2D eigenvalue weighted by Gasteiger charge is -2.14. The van der Waals surface area contributed by atoms with E-state index in [1.54, 1.807) is 21.3 Å². The first kappa shape index (κ1) is 14.8. The van der Waals surface area contributed by atoms with E-state index in [4.69, 9.17) is 30.6 Å². The maximum Gasteiger partial charge on any atom is 0.203 e. The molecule has 0 radical (unpaired) electrons. The molecule has 0 saturated heterocycles. The Morgan fingerprint density at radius 3 is 2.20 bits per heavy atom. The van der Waals surface area contributed by atoms with E-state index < -0.39 is 0 Å². The molecule has 1 aliphatic rings. The Balaban J connectivity index is 2.34. The van der Waals surface area contributed by atoms with Gasteiger partial charge in [-0.05, 0) is 19.1 Å². The highest BCUT2D eigenvalue weighted by Crippen LogP contribution is 2.39. The highest BCUT2D eigenvalue weighted by atomic mass is 35.5.